The summed E-state index contributed by atoms with van der Waals surface area (Å²) in [4.78, 5) is 28.7. The van der Waals surface area contributed by atoms with Gasteiger partial charge in [-0.1, -0.05) is 26.2 Å². The lowest BCUT2D eigenvalue weighted by molar-refractivity contribution is -0.300. The number of carboxylic acid groups (broad SMARTS) is 3. The van der Waals surface area contributed by atoms with Crippen LogP contribution in [0.3, 0.4) is 0 Å². The third-order valence-electron chi connectivity index (χ3n) is 1.90. The molecule has 0 spiro atoms. The van der Waals surface area contributed by atoms with Crippen LogP contribution in [-0.4, -0.2) is 30.6 Å². The molecule has 1 rings (SSSR count). The van der Waals surface area contributed by atoms with Crippen LogP contribution in [0.15, 0.2) is 37.0 Å². The van der Waals surface area contributed by atoms with E-state index in [-0.39, 0.29) is 24.6 Å². The molecule has 0 saturated carbocycles. The van der Waals surface area contributed by atoms with Crippen molar-refractivity contribution in [3.05, 3.63) is 37.0 Å². The number of carbonyl (C=O) groups is 3. The number of hydrogen-bond acceptors (Lipinski definition) is 7. The van der Waals surface area contributed by atoms with Gasteiger partial charge in [0.1, 0.15) is 0 Å². The highest BCUT2D eigenvalue weighted by atomic mass is 16.6. The monoisotopic (exact) mass is 351 g/mol. The molecule has 0 amide bonds. The molecule has 0 aromatic rings. The standard InChI is InChI=1S/C8H12O3.2C3H4O2.3H3N/c1-2-3-6(8(9)10)4-7-5-11-7;2*1-2-3(4)5;;;/h3,7H,2,4-5H2,1H3,(H,9,10);2*2H,1H2,(H,4,5);3*1H3. The van der Waals surface area contributed by atoms with E-state index in [0.717, 1.165) is 18.6 Å². The van der Waals surface area contributed by atoms with Crippen molar-refractivity contribution in [2.24, 2.45) is 0 Å². The zero-order valence-corrected chi connectivity index (χ0v) is 14.7. The molecular weight excluding hydrogens is 322 g/mol. The van der Waals surface area contributed by atoms with Crippen LogP contribution in [0.4, 0.5) is 0 Å². The van der Waals surface area contributed by atoms with E-state index in [0.29, 0.717) is 18.6 Å². The van der Waals surface area contributed by atoms with Crippen LogP contribution in [0.25, 0.3) is 0 Å². The number of quaternary nitrogens is 3. The molecule has 1 unspecified atom stereocenters. The molecule has 0 aromatic carbocycles. The summed E-state index contributed by atoms with van der Waals surface area (Å²) >= 11 is 0. The fraction of sp³-hybridized carbons (Fsp3) is 0.357. The highest BCUT2D eigenvalue weighted by Crippen LogP contribution is 2.18. The fourth-order valence-corrected chi connectivity index (χ4v) is 0.928. The number of rotatable bonds is 6. The van der Waals surface area contributed by atoms with Gasteiger partial charge in [0.25, 0.3) is 0 Å². The van der Waals surface area contributed by atoms with Gasteiger partial charge in [-0.25, -0.2) is 0 Å². The van der Waals surface area contributed by atoms with Crippen LogP contribution in [-0.2, 0) is 19.1 Å². The smallest absolute Gasteiger partial charge is 0.0850 e. The zero-order chi connectivity index (χ0) is 16.8. The van der Waals surface area contributed by atoms with Crippen LogP contribution in [0, 0.1) is 0 Å². The second-order valence-corrected chi connectivity index (χ2v) is 3.63. The van der Waals surface area contributed by atoms with Gasteiger partial charge in [-0.3, -0.25) is 0 Å². The largest absolute Gasteiger partial charge is 0.545 e. The summed E-state index contributed by atoms with van der Waals surface area (Å²) in [6, 6.07) is 0. The molecule has 12 N–H and O–H groups in total. The van der Waals surface area contributed by atoms with Gasteiger partial charge in [0.05, 0.1) is 30.6 Å². The van der Waals surface area contributed by atoms with Crippen LogP contribution in [0.2, 0.25) is 0 Å². The van der Waals surface area contributed by atoms with Gasteiger partial charge in [0, 0.05) is 6.42 Å². The van der Waals surface area contributed by atoms with Gasteiger partial charge in [-0.2, -0.15) is 0 Å². The van der Waals surface area contributed by atoms with Crippen molar-refractivity contribution in [2.45, 2.75) is 25.9 Å². The van der Waals surface area contributed by atoms with E-state index < -0.39 is 17.9 Å². The first-order valence-electron chi connectivity index (χ1n) is 5.97. The third kappa shape index (κ3) is 27.8. The number of allylic oxidation sites excluding steroid dienone is 1. The van der Waals surface area contributed by atoms with Crippen molar-refractivity contribution in [1.29, 1.82) is 0 Å². The van der Waals surface area contributed by atoms with Crippen molar-refractivity contribution in [3.8, 4) is 0 Å². The molecule has 1 heterocycles. The molecular formula is C14H29N3O7. The Labute approximate surface area is 141 Å². The topological polar surface area (TPSA) is 242 Å². The molecule has 10 nitrogen and oxygen atoms in total. The minimum Gasteiger partial charge on any atom is -0.545 e. The first-order valence-corrected chi connectivity index (χ1v) is 5.97. The number of aliphatic carboxylic acids is 3. The maximum Gasteiger partial charge on any atom is 0.0850 e. The summed E-state index contributed by atoms with van der Waals surface area (Å²) in [6.45, 7) is 8.38. The van der Waals surface area contributed by atoms with Crippen molar-refractivity contribution in [2.75, 3.05) is 6.61 Å². The Bertz CT molecular complexity index is 401. The summed E-state index contributed by atoms with van der Waals surface area (Å²) in [7, 11) is 0. The maximum absolute atomic E-state index is 10.4. The minimum absolute atomic E-state index is 0. The van der Waals surface area contributed by atoms with Gasteiger partial charge in [0.2, 0.25) is 0 Å². The average Bonchev–Trinajstić information content (AvgIpc) is 3.23. The van der Waals surface area contributed by atoms with E-state index in [1.807, 2.05) is 6.92 Å². The lowest BCUT2D eigenvalue weighted by atomic mass is 10.1. The Kier molecular flexibility index (Phi) is 28.3. The van der Waals surface area contributed by atoms with E-state index in [4.69, 9.17) is 24.5 Å². The quantitative estimate of drug-likeness (QED) is 0.390. The molecule has 1 aliphatic rings. The second kappa shape index (κ2) is 20.5. The molecule has 0 radical (unpaired) electrons. The van der Waals surface area contributed by atoms with Crippen LogP contribution < -0.4 is 33.8 Å². The number of epoxide rings is 1. The Hall–Kier alpha value is -2.53. The van der Waals surface area contributed by atoms with E-state index in [9.17, 15) is 9.90 Å². The molecule has 0 bridgehead atoms. The summed E-state index contributed by atoms with van der Waals surface area (Å²) in [5.41, 5.74) is 0.370. The minimum atomic E-state index is -1.23. The molecule has 142 valence electrons. The number of hydrogen-bond donors (Lipinski definition) is 3. The summed E-state index contributed by atoms with van der Waals surface area (Å²) in [5, 5.41) is 28.7. The molecule has 10 heteroatoms. The highest BCUT2D eigenvalue weighted by Gasteiger charge is 2.23. The summed E-state index contributed by atoms with van der Waals surface area (Å²) < 4.78 is 4.90. The van der Waals surface area contributed by atoms with E-state index >= 15 is 0 Å². The molecule has 1 aliphatic heterocycles. The second-order valence-electron chi connectivity index (χ2n) is 3.63. The van der Waals surface area contributed by atoms with E-state index in [1.54, 1.807) is 6.08 Å². The number of ether oxygens (including phenoxy) is 1. The van der Waals surface area contributed by atoms with Crippen LogP contribution in [0.1, 0.15) is 19.8 Å². The molecule has 0 aliphatic carbocycles. The summed E-state index contributed by atoms with van der Waals surface area (Å²) in [6.07, 6.45) is 4.48. The number of carboxylic acids is 3. The lowest BCUT2D eigenvalue weighted by Crippen LogP contribution is -2.25. The Morgan fingerprint density at radius 3 is 1.54 bits per heavy atom. The molecule has 1 fully saturated rings. The fourth-order valence-electron chi connectivity index (χ4n) is 0.928. The normalized spacial score (nSPS) is 13.4. The van der Waals surface area contributed by atoms with Crippen LogP contribution in [0.5, 0.6) is 0 Å². The molecule has 24 heavy (non-hydrogen) atoms. The Morgan fingerprint density at radius 2 is 1.38 bits per heavy atom. The third-order valence-corrected chi connectivity index (χ3v) is 1.90. The van der Waals surface area contributed by atoms with E-state index in [1.165, 1.54) is 0 Å². The molecule has 0 aromatic heterocycles. The van der Waals surface area contributed by atoms with Gasteiger partial charge in [0.15, 0.2) is 0 Å². The zero-order valence-electron chi connectivity index (χ0n) is 14.7. The summed E-state index contributed by atoms with van der Waals surface area (Å²) in [5.74, 6) is -3.53. The predicted octanol–water partition coefficient (Wildman–Crippen LogP) is -1.17. The van der Waals surface area contributed by atoms with Gasteiger partial charge in [-0.05, 0) is 24.1 Å². The van der Waals surface area contributed by atoms with Gasteiger partial charge in [-0.15, -0.1) is 0 Å². The van der Waals surface area contributed by atoms with Crippen molar-refractivity contribution in [1.82, 2.24) is 18.5 Å². The van der Waals surface area contributed by atoms with Crippen molar-refractivity contribution >= 4 is 17.9 Å². The van der Waals surface area contributed by atoms with Gasteiger partial charge >= 0.3 is 0 Å². The average molecular weight is 351 g/mol. The van der Waals surface area contributed by atoms with Crippen molar-refractivity contribution in [3.63, 3.8) is 0 Å². The number of carbonyl (C=O) groups excluding carboxylic acids is 3. The SMILES string of the molecule is C=CC(=O)[O-].C=CC(=O)[O-].CCC=C(CC1CO1)C(=O)[O-].[NH4+].[NH4+].[NH4+]. The van der Waals surface area contributed by atoms with Gasteiger partial charge < -0.3 is 52.9 Å². The first kappa shape index (κ1) is 33.2. The highest BCUT2D eigenvalue weighted by molar-refractivity contribution is 5.84. The molecule has 1 atom stereocenters. The molecule has 1 saturated heterocycles. The Balaban J connectivity index is -0.0000000803. The predicted molar refractivity (Wildman–Crippen MR) is 86.1 cm³/mol. The maximum atomic E-state index is 10.4. The first-order chi connectivity index (χ1) is 9.78. The lowest BCUT2D eigenvalue weighted by Gasteiger charge is -2.05. The Morgan fingerprint density at radius 1 is 1.04 bits per heavy atom. The van der Waals surface area contributed by atoms with Crippen molar-refractivity contribution < 1.29 is 34.4 Å². The van der Waals surface area contributed by atoms with Crippen LogP contribution >= 0.6 is 0 Å². The van der Waals surface area contributed by atoms with E-state index in [2.05, 4.69) is 13.2 Å².